The molecule has 2 aromatic carbocycles. The number of carboxylic acids is 1. The number of amides is 1. The average molecular weight is 408 g/mol. The van der Waals surface area contributed by atoms with Gasteiger partial charge in [0.15, 0.2) is 6.04 Å². The maximum Gasteiger partial charge on any atom is 0.328 e. The number of piperidine rings is 1. The standard InChI is InChI=1S/C24H28N2O4/c1-2-14-25-15-12-24(13-16-25)26(21(17-30-24)23(28)29)22(27)20-10-8-19(9-11-20)18-6-4-3-5-7-18/h3-11,21H,2,12-17H2,1H3,(H,28,29)/t21-/m0/s1. The van der Waals surface area contributed by atoms with Crippen molar-refractivity contribution in [2.24, 2.45) is 0 Å². The van der Waals surface area contributed by atoms with E-state index in [1.807, 2.05) is 42.5 Å². The summed E-state index contributed by atoms with van der Waals surface area (Å²) in [6.07, 6.45) is 2.33. The predicted octanol–water partition coefficient (Wildman–Crippen LogP) is 3.48. The van der Waals surface area contributed by atoms with Gasteiger partial charge in [0.05, 0.1) is 6.61 Å². The molecule has 1 amide bonds. The van der Waals surface area contributed by atoms with Gasteiger partial charge in [0.2, 0.25) is 0 Å². The fourth-order valence-corrected chi connectivity index (χ4v) is 4.57. The van der Waals surface area contributed by atoms with E-state index in [0.717, 1.165) is 37.2 Å². The number of carboxylic acid groups (broad SMARTS) is 1. The number of hydrogen-bond acceptors (Lipinski definition) is 4. The van der Waals surface area contributed by atoms with Crippen LogP contribution in [0.25, 0.3) is 11.1 Å². The first-order valence-electron chi connectivity index (χ1n) is 10.6. The smallest absolute Gasteiger partial charge is 0.328 e. The first-order valence-corrected chi connectivity index (χ1v) is 10.6. The van der Waals surface area contributed by atoms with Crippen molar-refractivity contribution in [2.45, 2.75) is 38.0 Å². The lowest BCUT2D eigenvalue weighted by Crippen LogP contribution is -2.58. The third-order valence-electron chi connectivity index (χ3n) is 6.18. The quantitative estimate of drug-likeness (QED) is 0.820. The van der Waals surface area contributed by atoms with Crippen molar-refractivity contribution in [1.82, 2.24) is 9.80 Å². The van der Waals surface area contributed by atoms with E-state index in [-0.39, 0.29) is 12.5 Å². The number of carbonyl (C=O) groups excluding carboxylic acids is 1. The molecular weight excluding hydrogens is 380 g/mol. The minimum Gasteiger partial charge on any atom is -0.480 e. The van der Waals surface area contributed by atoms with E-state index in [0.29, 0.717) is 18.4 Å². The highest BCUT2D eigenvalue weighted by molar-refractivity contribution is 5.98. The second-order valence-corrected chi connectivity index (χ2v) is 8.07. The van der Waals surface area contributed by atoms with E-state index in [1.165, 1.54) is 4.90 Å². The molecule has 4 rings (SSSR count). The Morgan fingerprint density at radius 2 is 1.67 bits per heavy atom. The highest BCUT2D eigenvalue weighted by Crippen LogP contribution is 2.38. The van der Waals surface area contributed by atoms with Gasteiger partial charge in [0, 0.05) is 31.5 Å². The van der Waals surface area contributed by atoms with Crippen LogP contribution in [0.2, 0.25) is 0 Å². The molecule has 6 heteroatoms. The molecule has 0 saturated carbocycles. The van der Waals surface area contributed by atoms with E-state index in [9.17, 15) is 14.7 Å². The van der Waals surface area contributed by atoms with Crippen LogP contribution in [0, 0.1) is 0 Å². The van der Waals surface area contributed by atoms with E-state index in [4.69, 9.17) is 4.74 Å². The van der Waals surface area contributed by atoms with Gasteiger partial charge in [-0.25, -0.2) is 4.79 Å². The minimum atomic E-state index is -1.02. The first-order chi connectivity index (χ1) is 14.5. The lowest BCUT2D eigenvalue weighted by molar-refractivity contribution is -0.143. The number of benzene rings is 2. The number of aliphatic carboxylic acids is 1. The lowest BCUT2D eigenvalue weighted by atomic mass is 9.96. The Labute approximate surface area is 177 Å². The van der Waals surface area contributed by atoms with Crippen LogP contribution < -0.4 is 0 Å². The first kappa shape index (κ1) is 20.6. The van der Waals surface area contributed by atoms with Crippen molar-refractivity contribution < 1.29 is 19.4 Å². The molecule has 2 heterocycles. The molecule has 0 aliphatic carbocycles. The van der Waals surface area contributed by atoms with E-state index in [1.54, 1.807) is 12.1 Å². The molecule has 6 nitrogen and oxygen atoms in total. The van der Waals surface area contributed by atoms with E-state index in [2.05, 4.69) is 11.8 Å². The molecule has 2 saturated heterocycles. The summed E-state index contributed by atoms with van der Waals surface area (Å²) in [6, 6.07) is 16.4. The molecule has 2 aliphatic rings. The molecule has 1 spiro atoms. The summed E-state index contributed by atoms with van der Waals surface area (Å²) in [5, 5.41) is 9.74. The van der Waals surface area contributed by atoms with Crippen molar-refractivity contribution in [2.75, 3.05) is 26.2 Å². The minimum absolute atomic E-state index is 0.0386. The normalized spacial score (nSPS) is 21.1. The van der Waals surface area contributed by atoms with Gasteiger partial charge >= 0.3 is 5.97 Å². The number of hydrogen-bond donors (Lipinski definition) is 1. The summed E-state index contributed by atoms with van der Waals surface area (Å²) >= 11 is 0. The van der Waals surface area contributed by atoms with Crippen LogP contribution in [0.1, 0.15) is 36.5 Å². The van der Waals surface area contributed by atoms with Crippen LogP contribution in [0.5, 0.6) is 0 Å². The summed E-state index contributed by atoms with van der Waals surface area (Å²) in [6.45, 7) is 4.80. The van der Waals surface area contributed by atoms with Crippen LogP contribution in [0.3, 0.4) is 0 Å². The van der Waals surface area contributed by atoms with Gasteiger partial charge in [-0.1, -0.05) is 49.4 Å². The molecule has 0 radical (unpaired) electrons. The maximum absolute atomic E-state index is 13.5. The van der Waals surface area contributed by atoms with Crippen LogP contribution in [-0.4, -0.2) is 64.8 Å². The summed E-state index contributed by atoms with van der Waals surface area (Å²) in [5.41, 5.74) is 1.75. The molecule has 30 heavy (non-hydrogen) atoms. The molecule has 2 aliphatic heterocycles. The zero-order valence-corrected chi connectivity index (χ0v) is 17.3. The maximum atomic E-state index is 13.5. The topological polar surface area (TPSA) is 70.1 Å². The van der Waals surface area contributed by atoms with Gasteiger partial charge in [-0.3, -0.25) is 9.69 Å². The average Bonchev–Trinajstić information content (AvgIpc) is 3.15. The molecule has 1 N–H and O–H groups in total. The SMILES string of the molecule is CCCN1CCC2(CC1)OC[C@@H](C(=O)O)N2C(=O)c1ccc(-c2ccccc2)cc1. The third kappa shape index (κ3) is 3.85. The molecule has 2 fully saturated rings. The van der Waals surface area contributed by atoms with Crippen molar-refractivity contribution in [3.63, 3.8) is 0 Å². The predicted molar refractivity (Wildman–Crippen MR) is 114 cm³/mol. The van der Waals surface area contributed by atoms with Crippen molar-refractivity contribution in [3.8, 4) is 11.1 Å². The Morgan fingerprint density at radius 3 is 2.27 bits per heavy atom. The van der Waals surface area contributed by atoms with Crippen LogP contribution >= 0.6 is 0 Å². The second-order valence-electron chi connectivity index (χ2n) is 8.07. The Balaban J connectivity index is 1.58. The number of likely N-dealkylation sites (tertiary alicyclic amines) is 1. The lowest BCUT2D eigenvalue weighted by Gasteiger charge is -2.44. The highest BCUT2D eigenvalue weighted by atomic mass is 16.5. The third-order valence-corrected chi connectivity index (χ3v) is 6.18. The number of carbonyl (C=O) groups is 2. The second kappa shape index (κ2) is 8.58. The molecule has 0 bridgehead atoms. The zero-order valence-electron chi connectivity index (χ0n) is 17.3. The van der Waals surface area contributed by atoms with Gasteiger partial charge in [-0.05, 0) is 36.2 Å². The summed E-state index contributed by atoms with van der Waals surface area (Å²) < 4.78 is 6.03. The number of rotatable bonds is 5. The molecule has 0 aromatic heterocycles. The summed E-state index contributed by atoms with van der Waals surface area (Å²) in [7, 11) is 0. The Morgan fingerprint density at radius 1 is 1.03 bits per heavy atom. The number of ether oxygens (including phenoxy) is 1. The van der Waals surface area contributed by atoms with Crippen LogP contribution in [0.15, 0.2) is 54.6 Å². The molecule has 1 atom stereocenters. The largest absolute Gasteiger partial charge is 0.480 e. The highest BCUT2D eigenvalue weighted by Gasteiger charge is 2.53. The van der Waals surface area contributed by atoms with Gasteiger partial charge in [0.1, 0.15) is 5.72 Å². The molecular formula is C24H28N2O4. The summed E-state index contributed by atoms with van der Waals surface area (Å²) in [5.74, 6) is -1.29. The Kier molecular flexibility index (Phi) is 5.88. The van der Waals surface area contributed by atoms with Gasteiger partial charge in [-0.15, -0.1) is 0 Å². The zero-order chi connectivity index (χ0) is 21.1. The van der Waals surface area contributed by atoms with Crippen molar-refractivity contribution in [1.29, 1.82) is 0 Å². The number of nitrogens with zero attached hydrogens (tertiary/aromatic N) is 2. The molecule has 0 unspecified atom stereocenters. The van der Waals surface area contributed by atoms with Crippen molar-refractivity contribution >= 4 is 11.9 Å². The Bertz CT molecular complexity index is 889. The van der Waals surface area contributed by atoms with Crippen molar-refractivity contribution in [3.05, 3.63) is 60.2 Å². The van der Waals surface area contributed by atoms with Crippen LogP contribution in [0.4, 0.5) is 0 Å². The summed E-state index contributed by atoms with van der Waals surface area (Å²) in [4.78, 5) is 29.2. The van der Waals surface area contributed by atoms with Gasteiger partial charge in [0.25, 0.3) is 5.91 Å². The van der Waals surface area contributed by atoms with Crippen LogP contribution in [-0.2, 0) is 9.53 Å². The Hall–Kier alpha value is -2.70. The van der Waals surface area contributed by atoms with E-state index < -0.39 is 17.7 Å². The van der Waals surface area contributed by atoms with Gasteiger partial charge in [-0.2, -0.15) is 0 Å². The molecule has 158 valence electrons. The molecule has 2 aromatic rings. The fraction of sp³-hybridized carbons (Fsp3) is 0.417. The monoisotopic (exact) mass is 408 g/mol. The van der Waals surface area contributed by atoms with E-state index >= 15 is 0 Å². The fourth-order valence-electron chi connectivity index (χ4n) is 4.57. The van der Waals surface area contributed by atoms with Gasteiger partial charge < -0.3 is 14.7 Å².